The number of carbonyl (C=O) groups excluding carboxylic acids is 1. The molecule has 1 aromatic heterocycles. The van der Waals surface area contributed by atoms with E-state index in [0.29, 0.717) is 12.3 Å². The maximum atomic E-state index is 12.8. The second-order valence-electron chi connectivity index (χ2n) is 6.40. The molecule has 1 amide bonds. The van der Waals surface area contributed by atoms with Crippen molar-refractivity contribution in [1.29, 1.82) is 0 Å². The van der Waals surface area contributed by atoms with Gasteiger partial charge in [0.05, 0.1) is 35.4 Å². The van der Waals surface area contributed by atoms with Crippen molar-refractivity contribution in [3.63, 3.8) is 0 Å². The minimum Gasteiger partial charge on any atom is -0.493 e. The zero-order valence-electron chi connectivity index (χ0n) is 17.2. The summed E-state index contributed by atoms with van der Waals surface area (Å²) < 4.78 is 15.6. The molecule has 0 fully saturated rings. The third-order valence-electron chi connectivity index (χ3n) is 4.33. The van der Waals surface area contributed by atoms with Gasteiger partial charge in [-0.2, -0.15) is 0 Å². The van der Waals surface area contributed by atoms with Gasteiger partial charge < -0.3 is 19.5 Å². The van der Waals surface area contributed by atoms with Gasteiger partial charge in [-0.3, -0.25) is 14.9 Å². The number of rotatable bonds is 9. The minimum absolute atomic E-state index is 0.139. The van der Waals surface area contributed by atoms with E-state index in [1.807, 2.05) is 24.4 Å². The van der Waals surface area contributed by atoms with Crippen molar-refractivity contribution in [3.8, 4) is 22.8 Å². The number of thiazole rings is 1. The average molecular weight is 443 g/mol. The van der Waals surface area contributed by atoms with E-state index in [9.17, 15) is 14.9 Å². The van der Waals surface area contributed by atoms with Crippen LogP contribution in [0.1, 0.15) is 15.4 Å². The van der Waals surface area contributed by atoms with Gasteiger partial charge in [0, 0.05) is 29.8 Å². The highest BCUT2D eigenvalue weighted by molar-refractivity contribution is 7.09. The summed E-state index contributed by atoms with van der Waals surface area (Å²) in [5, 5.41) is 17.2. The minimum atomic E-state index is -0.634. The van der Waals surface area contributed by atoms with Gasteiger partial charge in [-0.25, -0.2) is 4.98 Å². The number of hydrogen-bond acceptors (Lipinski definition) is 8. The van der Waals surface area contributed by atoms with Crippen molar-refractivity contribution in [3.05, 3.63) is 62.5 Å². The Bertz CT molecular complexity index is 1080. The lowest BCUT2D eigenvalue weighted by molar-refractivity contribution is -0.385. The molecule has 31 heavy (non-hydrogen) atoms. The van der Waals surface area contributed by atoms with Gasteiger partial charge in [-0.05, 0) is 19.1 Å². The first-order chi connectivity index (χ1) is 14.9. The molecule has 9 nitrogen and oxygen atoms in total. The van der Waals surface area contributed by atoms with Crippen molar-refractivity contribution in [1.82, 2.24) is 4.98 Å². The predicted octanol–water partition coefficient (Wildman–Crippen LogP) is 4.31. The van der Waals surface area contributed by atoms with Crippen molar-refractivity contribution in [2.45, 2.75) is 6.92 Å². The van der Waals surface area contributed by atoms with Crippen LogP contribution in [0.15, 0.2) is 41.8 Å². The van der Waals surface area contributed by atoms with E-state index in [2.05, 4.69) is 10.3 Å². The first-order valence-corrected chi connectivity index (χ1v) is 10.1. The molecule has 2 aromatic carbocycles. The normalized spacial score (nSPS) is 10.5. The van der Waals surface area contributed by atoms with E-state index in [1.165, 1.54) is 26.4 Å². The van der Waals surface area contributed by atoms with Crippen LogP contribution in [0.5, 0.6) is 11.5 Å². The summed E-state index contributed by atoms with van der Waals surface area (Å²) in [7, 11) is 2.91. The standard InChI is InChI=1S/C21H21N3O6S/c1-13-22-17(12-31-13)14-4-6-15(7-5-14)23-21(25)16-10-19(29-3)20(30-9-8-28-2)11-18(16)24(26)27/h4-7,10-12H,8-9H2,1-3H3,(H,23,25). The number of ether oxygens (including phenoxy) is 3. The number of anilines is 1. The number of nitro benzene ring substituents is 1. The molecule has 0 atom stereocenters. The van der Waals surface area contributed by atoms with Gasteiger partial charge in [-0.1, -0.05) is 12.1 Å². The summed E-state index contributed by atoms with van der Waals surface area (Å²) in [5.74, 6) is -0.266. The molecule has 0 saturated heterocycles. The summed E-state index contributed by atoms with van der Waals surface area (Å²) in [6.07, 6.45) is 0. The van der Waals surface area contributed by atoms with E-state index in [-0.39, 0.29) is 29.4 Å². The summed E-state index contributed by atoms with van der Waals surface area (Å²) in [5.41, 5.74) is 1.73. The van der Waals surface area contributed by atoms with Crippen LogP contribution in [0.4, 0.5) is 11.4 Å². The van der Waals surface area contributed by atoms with Crippen LogP contribution < -0.4 is 14.8 Å². The predicted molar refractivity (Wildman–Crippen MR) is 117 cm³/mol. The Morgan fingerprint density at radius 2 is 1.90 bits per heavy atom. The van der Waals surface area contributed by atoms with Gasteiger partial charge in [0.25, 0.3) is 11.6 Å². The van der Waals surface area contributed by atoms with E-state index in [1.54, 1.807) is 23.5 Å². The maximum Gasteiger partial charge on any atom is 0.286 e. The Hall–Kier alpha value is -3.50. The fourth-order valence-corrected chi connectivity index (χ4v) is 3.43. The third kappa shape index (κ3) is 5.36. The lowest BCUT2D eigenvalue weighted by Gasteiger charge is -2.13. The Morgan fingerprint density at radius 1 is 1.16 bits per heavy atom. The Balaban J connectivity index is 1.83. The highest BCUT2D eigenvalue weighted by atomic mass is 32.1. The van der Waals surface area contributed by atoms with Crippen molar-refractivity contribution < 1.29 is 23.9 Å². The molecule has 0 saturated carbocycles. The van der Waals surface area contributed by atoms with Crippen LogP contribution in [0.2, 0.25) is 0 Å². The summed E-state index contributed by atoms with van der Waals surface area (Å²) in [6, 6.07) is 9.55. The van der Waals surface area contributed by atoms with Gasteiger partial charge in [0.2, 0.25) is 0 Å². The van der Waals surface area contributed by atoms with E-state index < -0.39 is 10.8 Å². The first kappa shape index (κ1) is 22.2. The SMILES string of the molecule is COCCOc1cc([N+](=O)[O-])c(C(=O)Nc2ccc(-c3csc(C)n3)cc2)cc1OC. The topological polar surface area (TPSA) is 113 Å². The van der Waals surface area contributed by atoms with Crippen molar-refractivity contribution >= 4 is 28.6 Å². The number of methoxy groups -OCH3 is 2. The molecule has 10 heteroatoms. The molecule has 0 bridgehead atoms. The second-order valence-corrected chi connectivity index (χ2v) is 7.46. The van der Waals surface area contributed by atoms with Gasteiger partial charge in [0.1, 0.15) is 12.2 Å². The number of hydrogen-bond donors (Lipinski definition) is 1. The highest BCUT2D eigenvalue weighted by Gasteiger charge is 2.25. The summed E-state index contributed by atoms with van der Waals surface area (Å²) in [4.78, 5) is 28.2. The molecular weight excluding hydrogens is 422 g/mol. The van der Waals surface area contributed by atoms with E-state index in [0.717, 1.165) is 16.3 Å². The van der Waals surface area contributed by atoms with Gasteiger partial charge >= 0.3 is 0 Å². The van der Waals surface area contributed by atoms with Crippen LogP contribution >= 0.6 is 11.3 Å². The molecule has 1 heterocycles. The first-order valence-electron chi connectivity index (χ1n) is 9.25. The number of benzene rings is 2. The van der Waals surface area contributed by atoms with Crippen molar-refractivity contribution in [2.24, 2.45) is 0 Å². The number of aryl methyl sites for hydroxylation is 1. The molecule has 0 spiro atoms. The molecule has 0 aliphatic rings. The van der Waals surface area contributed by atoms with E-state index in [4.69, 9.17) is 14.2 Å². The molecule has 3 rings (SSSR count). The Kier molecular flexibility index (Phi) is 7.16. The molecular formula is C21H21N3O6S. The van der Waals surface area contributed by atoms with Crippen molar-refractivity contribution in [2.75, 3.05) is 32.8 Å². The molecule has 1 N–H and O–H groups in total. The smallest absolute Gasteiger partial charge is 0.286 e. The van der Waals surface area contributed by atoms with Crippen LogP contribution in [-0.2, 0) is 4.74 Å². The monoisotopic (exact) mass is 443 g/mol. The Morgan fingerprint density at radius 3 is 2.48 bits per heavy atom. The highest BCUT2D eigenvalue weighted by Crippen LogP contribution is 2.35. The lowest BCUT2D eigenvalue weighted by atomic mass is 10.1. The number of aromatic nitrogens is 1. The Labute approximate surface area is 182 Å². The number of nitro groups is 1. The molecule has 0 aliphatic carbocycles. The second kappa shape index (κ2) is 10.0. The number of carbonyl (C=O) groups is 1. The fraction of sp³-hybridized carbons (Fsp3) is 0.238. The molecule has 162 valence electrons. The third-order valence-corrected chi connectivity index (χ3v) is 5.10. The largest absolute Gasteiger partial charge is 0.493 e. The zero-order valence-corrected chi connectivity index (χ0v) is 18.0. The maximum absolute atomic E-state index is 12.8. The molecule has 0 unspecified atom stereocenters. The lowest BCUT2D eigenvalue weighted by Crippen LogP contribution is -2.15. The van der Waals surface area contributed by atoms with E-state index >= 15 is 0 Å². The number of nitrogens with zero attached hydrogens (tertiary/aromatic N) is 2. The summed E-state index contributed by atoms with van der Waals surface area (Å²) >= 11 is 1.55. The zero-order chi connectivity index (χ0) is 22.4. The average Bonchev–Trinajstić information content (AvgIpc) is 3.20. The quantitative estimate of drug-likeness (QED) is 0.298. The van der Waals surface area contributed by atoms with Crippen LogP contribution in [0.25, 0.3) is 11.3 Å². The number of amides is 1. The van der Waals surface area contributed by atoms with Crippen LogP contribution in [0, 0.1) is 17.0 Å². The fourth-order valence-electron chi connectivity index (χ4n) is 2.81. The van der Waals surface area contributed by atoms with Gasteiger partial charge in [0.15, 0.2) is 11.5 Å². The van der Waals surface area contributed by atoms with Crippen LogP contribution in [-0.4, -0.2) is 43.2 Å². The molecule has 3 aromatic rings. The van der Waals surface area contributed by atoms with Gasteiger partial charge in [-0.15, -0.1) is 11.3 Å². The summed E-state index contributed by atoms with van der Waals surface area (Å²) in [6.45, 7) is 2.41. The number of nitrogens with one attached hydrogen (secondary N) is 1. The molecule has 0 radical (unpaired) electrons. The molecule has 0 aliphatic heterocycles. The van der Waals surface area contributed by atoms with Crippen LogP contribution in [0.3, 0.4) is 0 Å².